The van der Waals surface area contributed by atoms with Gasteiger partial charge in [-0.2, -0.15) is 14.5 Å². The van der Waals surface area contributed by atoms with Crippen molar-refractivity contribution >= 4 is 21.6 Å². The fourth-order valence-corrected chi connectivity index (χ4v) is 3.69. The minimum absolute atomic E-state index is 0.158. The number of hydrogen-bond donors (Lipinski definition) is 0. The fourth-order valence-electron chi connectivity index (χ4n) is 2.20. The molecule has 0 N–H and O–H groups in total. The molecule has 0 atom stereocenters. The van der Waals surface area contributed by atoms with E-state index in [1.54, 1.807) is 22.5 Å². The minimum atomic E-state index is -3.63. The quantitative estimate of drug-likeness (QED) is 0.801. The standard InChI is InChI=1S/C13H20ClN5O2S/c1-5-18-9-13(10(3)16-18)22(20,21)17(4)8-12-11(14)7-15-19(12)6-2/h7,9H,5-6,8H2,1-4H3. The van der Waals surface area contributed by atoms with Crippen LogP contribution in [-0.2, 0) is 29.7 Å². The summed E-state index contributed by atoms with van der Waals surface area (Å²) in [4.78, 5) is 0.218. The molecule has 0 saturated carbocycles. The summed E-state index contributed by atoms with van der Waals surface area (Å²) in [7, 11) is -2.10. The van der Waals surface area contributed by atoms with E-state index in [2.05, 4.69) is 10.2 Å². The van der Waals surface area contributed by atoms with Crippen LogP contribution < -0.4 is 0 Å². The van der Waals surface area contributed by atoms with E-state index in [1.807, 2.05) is 13.8 Å². The minimum Gasteiger partial charge on any atom is -0.271 e. The second kappa shape index (κ2) is 6.39. The second-order valence-electron chi connectivity index (χ2n) is 4.95. The third-order valence-corrected chi connectivity index (χ3v) is 5.71. The summed E-state index contributed by atoms with van der Waals surface area (Å²) in [6, 6.07) is 0. The number of aromatic nitrogens is 4. The van der Waals surface area contributed by atoms with Crippen LogP contribution in [0, 0.1) is 6.92 Å². The first-order valence-corrected chi connectivity index (χ1v) is 8.83. The van der Waals surface area contributed by atoms with Gasteiger partial charge >= 0.3 is 0 Å². The lowest BCUT2D eigenvalue weighted by atomic mass is 10.4. The molecule has 2 aromatic heterocycles. The van der Waals surface area contributed by atoms with Crippen molar-refractivity contribution in [2.24, 2.45) is 0 Å². The maximum absolute atomic E-state index is 12.7. The number of aryl methyl sites for hydroxylation is 3. The molecule has 22 heavy (non-hydrogen) atoms. The summed E-state index contributed by atoms with van der Waals surface area (Å²) < 4.78 is 30.0. The molecule has 0 spiro atoms. The summed E-state index contributed by atoms with van der Waals surface area (Å²) in [5.74, 6) is 0. The number of hydrogen-bond acceptors (Lipinski definition) is 4. The smallest absolute Gasteiger partial charge is 0.246 e. The van der Waals surface area contributed by atoms with E-state index in [9.17, 15) is 8.42 Å². The van der Waals surface area contributed by atoms with Crippen molar-refractivity contribution in [1.29, 1.82) is 0 Å². The molecule has 0 radical (unpaired) electrons. The van der Waals surface area contributed by atoms with Crippen LogP contribution in [-0.4, -0.2) is 39.3 Å². The van der Waals surface area contributed by atoms with Gasteiger partial charge in [-0.25, -0.2) is 8.42 Å². The van der Waals surface area contributed by atoms with Gasteiger partial charge in [-0.1, -0.05) is 11.6 Å². The van der Waals surface area contributed by atoms with Crippen LogP contribution in [0.3, 0.4) is 0 Å². The Bertz CT molecular complexity index is 765. The molecule has 0 aliphatic carbocycles. The Morgan fingerprint density at radius 1 is 1.32 bits per heavy atom. The van der Waals surface area contributed by atoms with Gasteiger partial charge in [0, 0.05) is 26.3 Å². The highest BCUT2D eigenvalue weighted by Gasteiger charge is 2.27. The SMILES string of the molecule is CCn1cc(S(=O)(=O)N(C)Cc2c(Cl)cnn2CC)c(C)n1. The first kappa shape index (κ1) is 17.0. The van der Waals surface area contributed by atoms with Crippen LogP contribution in [0.5, 0.6) is 0 Å². The normalized spacial score (nSPS) is 12.3. The molecule has 0 bridgehead atoms. The molecule has 2 aromatic rings. The predicted octanol–water partition coefficient (Wildman–Crippen LogP) is 1.90. The molecule has 0 aliphatic heterocycles. The number of sulfonamides is 1. The first-order chi connectivity index (χ1) is 10.3. The monoisotopic (exact) mass is 345 g/mol. The number of nitrogens with zero attached hydrogens (tertiary/aromatic N) is 5. The molecule has 2 rings (SSSR count). The zero-order chi connectivity index (χ0) is 16.5. The summed E-state index contributed by atoms with van der Waals surface area (Å²) in [6.45, 7) is 6.93. The molecule has 122 valence electrons. The third kappa shape index (κ3) is 3.04. The highest BCUT2D eigenvalue weighted by Crippen LogP contribution is 2.22. The van der Waals surface area contributed by atoms with Gasteiger partial charge in [0.15, 0.2) is 0 Å². The van der Waals surface area contributed by atoms with Crippen molar-refractivity contribution in [2.45, 2.75) is 45.3 Å². The molecule has 0 amide bonds. The first-order valence-electron chi connectivity index (χ1n) is 7.01. The van der Waals surface area contributed by atoms with E-state index in [4.69, 9.17) is 11.6 Å². The highest BCUT2D eigenvalue weighted by atomic mass is 35.5. The maximum atomic E-state index is 12.7. The number of rotatable bonds is 6. The zero-order valence-electron chi connectivity index (χ0n) is 13.1. The molecule has 9 heteroatoms. The van der Waals surface area contributed by atoms with Gasteiger partial charge in [-0.15, -0.1) is 0 Å². The molecule has 0 saturated heterocycles. The van der Waals surface area contributed by atoms with Gasteiger partial charge in [0.25, 0.3) is 0 Å². The molecule has 0 aromatic carbocycles. The van der Waals surface area contributed by atoms with Crippen molar-refractivity contribution in [3.63, 3.8) is 0 Å². The van der Waals surface area contributed by atoms with E-state index in [0.717, 1.165) is 0 Å². The molecule has 7 nitrogen and oxygen atoms in total. The molecule has 2 heterocycles. The fraction of sp³-hybridized carbons (Fsp3) is 0.538. The Hall–Kier alpha value is -1.38. The largest absolute Gasteiger partial charge is 0.271 e. The summed E-state index contributed by atoms with van der Waals surface area (Å²) in [5, 5.41) is 8.78. The zero-order valence-corrected chi connectivity index (χ0v) is 14.7. The molecule has 0 fully saturated rings. The lowest BCUT2D eigenvalue weighted by Gasteiger charge is -2.17. The lowest BCUT2D eigenvalue weighted by Crippen LogP contribution is -2.28. The second-order valence-corrected chi connectivity index (χ2v) is 7.37. The van der Waals surface area contributed by atoms with Gasteiger partial charge < -0.3 is 0 Å². The van der Waals surface area contributed by atoms with Gasteiger partial charge in [-0.3, -0.25) is 9.36 Å². The van der Waals surface area contributed by atoms with E-state index in [0.29, 0.717) is 29.5 Å². The van der Waals surface area contributed by atoms with Crippen LogP contribution in [0.4, 0.5) is 0 Å². The van der Waals surface area contributed by atoms with E-state index in [-0.39, 0.29) is 11.4 Å². The molecular formula is C13H20ClN5O2S. The van der Waals surface area contributed by atoms with Crippen molar-refractivity contribution in [2.75, 3.05) is 7.05 Å². The number of halogens is 1. The Morgan fingerprint density at radius 3 is 2.55 bits per heavy atom. The van der Waals surface area contributed by atoms with Crippen molar-refractivity contribution in [1.82, 2.24) is 23.9 Å². The molecular weight excluding hydrogens is 326 g/mol. The third-order valence-electron chi connectivity index (χ3n) is 3.48. The van der Waals surface area contributed by atoms with Gasteiger partial charge in [0.05, 0.1) is 29.2 Å². The molecule has 0 aliphatic rings. The Labute approximate surface area is 135 Å². The topological polar surface area (TPSA) is 73.0 Å². The van der Waals surface area contributed by atoms with Crippen molar-refractivity contribution < 1.29 is 8.42 Å². The van der Waals surface area contributed by atoms with Crippen LogP contribution in [0.15, 0.2) is 17.3 Å². The molecule has 0 unspecified atom stereocenters. The van der Waals surface area contributed by atoms with Gasteiger partial charge in [0.1, 0.15) is 4.90 Å². The average Bonchev–Trinajstić information content (AvgIpc) is 3.03. The van der Waals surface area contributed by atoms with Crippen LogP contribution in [0.1, 0.15) is 25.2 Å². The van der Waals surface area contributed by atoms with Crippen LogP contribution in [0.25, 0.3) is 0 Å². The van der Waals surface area contributed by atoms with Crippen LogP contribution >= 0.6 is 11.6 Å². The van der Waals surface area contributed by atoms with Crippen LogP contribution in [0.2, 0.25) is 5.02 Å². The summed E-state index contributed by atoms with van der Waals surface area (Å²) in [6.07, 6.45) is 3.08. The predicted molar refractivity (Wildman–Crippen MR) is 84.2 cm³/mol. The van der Waals surface area contributed by atoms with E-state index in [1.165, 1.54) is 17.5 Å². The van der Waals surface area contributed by atoms with Crippen molar-refractivity contribution in [3.8, 4) is 0 Å². The van der Waals surface area contributed by atoms with Gasteiger partial charge in [-0.05, 0) is 20.8 Å². The maximum Gasteiger partial charge on any atom is 0.246 e. The summed E-state index contributed by atoms with van der Waals surface area (Å²) in [5.41, 5.74) is 1.17. The Morgan fingerprint density at radius 2 is 2.00 bits per heavy atom. The average molecular weight is 346 g/mol. The van der Waals surface area contributed by atoms with E-state index >= 15 is 0 Å². The Balaban J connectivity index is 2.33. The Kier molecular flexibility index (Phi) is 4.93. The summed E-state index contributed by atoms with van der Waals surface area (Å²) >= 11 is 6.10. The van der Waals surface area contributed by atoms with Crippen molar-refractivity contribution in [3.05, 3.63) is 28.8 Å². The highest BCUT2D eigenvalue weighted by molar-refractivity contribution is 7.89. The van der Waals surface area contributed by atoms with Gasteiger partial charge in [0.2, 0.25) is 10.0 Å². The lowest BCUT2D eigenvalue weighted by molar-refractivity contribution is 0.447. The van der Waals surface area contributed by atoms with E-state index < -0.39 is 10.0 Å².